The number of anilines is 1. The molecule has 4 nitrogen and oxygen atoms in total. The highest BCUT2D eigenvalue weighted by Crippen LogP contribution is 2.13. The Morgan fingerprint density at radius 1 is 1.64 bits per heavy atom. The summed E-state index contributed by atoms with van der Waals surface area (Å²) in [4.78, 5) is 3.84. The van der Waals surface area contributed by atoms with Crippen LogP contribution in [0.3, 0.4) is 0 Å². The van der Waals surface area contributed by atoms with Crippen molar-refractivity contribution in [3.63, 3.8) is 0 Å². The summed E-state index contributed by atoms with van der Waals surface area (Å²) in [5.41, 5.74) is 0.386. The van der Waals surface area contributed by atoms with E-state index < -0.39 is 5.60 Å². The lowest BCUT2D eigenvalue weighted by atomic mass is 10.1. The Hall–Kier alpha value is -1.60. The average Bonchev–Trinajstić information content (AvgIpc) is 2.14. The molecule has 4 heteroatoms. The van der Waals surface area contributed by atoms with Crippen molar-refractivity contribution in [2.75, 3.05) is 11.9 Å². The Labute approximate surface area is 83.2 Å². The van der Waals surface area contributed by atoms with E-state index in [0.717, 1.165) is 0 Å². The van der Waals surface area contributed by atoms with Gasteiger partial charge in [-0.3, -0.25) is 4.98 Å². The molecule has 2 N–H and O–H groups in total. The van der Waals surface area contributed by atoms with Crippen molar-refractivity contribution in [1.29, 1.82) is 5.26 Å². The molecule has 0 aliphatic carbocycles. The molecule has 0 aliphatic rings. The number of hydrogen-bond donors (Lipinski definition) is 2. The quantitative estimate of drug-likeness (QED) is 0.751. The van der Waals surface area contributed by atoms with Crippen molar-refractivity contribution in [3.05, 3.63) is 24.0 Å². The third kappa shape index (κ3) is 3.04. The van der Waals surface area contributed by atoms with Gasteiger partial charge in [0.25, 0.3) is 0 Å². The van der Waals surface area contributed by atoms with Gasteiger partial charge in [0.1, 0.15) is 6.07 Å². The minimum absolute atomic E-state index is 0.395. The van der Waals surface area contributed by atoms with Gasteiger partial charge in [-0.25, -0.2) is 0 Å². The zero-order valence-electron chi connectivity index (χ0n) is 8.28. The summed E-state index contributed by atoms with van der Waals surface area (Å²) in [5.74, 6) is 0. The summed E-state index contributed by atoms with van der Waals surface area (Å²) < 4.78 is 0. The van der Waals surface area contributed by atoms with Gasteiger partial charge in [-0.05, 0) is 19.9 Å². The number of nitrogens with zero attached hydrogens (tertiary/aromatic N) is 2. The molecule has 0 saturated carbocycles. The van der Waals surface area contributed by atoms with Gasteiger partial charge in [-0.15, -0.1) is 0 Å². The second kappa shape index (κ2) is 4.07. The van der Waals surface area contributed by atoms with Crippen molar-refractivity contribution in [3.8, 4) is 6.07 Å². The van der Waals surface area contributed by atoms with Gasteiger partial charge in [-0.1, -0.05) is 0 Å². The number of nitriles is 1. The van der Waals surface area contributed by atoms with E-state index in [4.69, 9.17) is 5.26 Å². The summed E-state index contributed by atoms with van der Waals surface area (Å²) in [5, 5.41) is 21.2. The zero-order chi connectivity index (χ0) is 10.6. The highest BCUT2D eigenvalue weighted by molar-refractivity contribution is 5.55. The third-order valence-corrected chi connectivity index (χ3v) is 1.65. The maximum atomic E-state index is 9.48. The van der Waals surface area contributed by atoms with Crippen LogP contribution in [0.25, 0.3) is 0 Å². The van der Waals surface area contributed by atoms with Crippen LogP contribution in [0.1, 0.15) is 19.4 Å². The van der Waals surface area contributed by atoms with Crippen molar-refractivity contribution < 1.29 is 5.11 Å². The first-order valence-electron chi connectivity index (χ1n) is 4.33. The highest BCUT2D eigenvalue weighted by atomic mass is 16.3. The molecule has 0 amide bonds. The molecule has 0 spiro atoms. The minimum atomic E-state index is -0.796. The predicted octanol–water partition coefficient (Wildman–Crippen LogP) is 1.14. The smallest absolute Gasteiger partial charge is 0.103 e. The monoisotopic (exact) mass is 191 g/mol. The summed E-state index contributed by atoms with van der Waals surface area (Å²) >= 11 is 0. The maximum Gasteiger partial charge on any atom is 0.103 e. The van der Waals surface area contributed by atoms with E-state index in [1.165, 1.54) is 6.20 Å². The molecule has 1 heterocycles. The zero-order valence-corrected chi connectivity index (χ0v) is 8.28. The average molecular weight is 191 g/mol. The van der Waals surface area contributed by atoms with Gasteiger partial charge in [0.2, 0.25) is 0 Å². The molecule has 74 valence electrons. The predicted molar refractivity (Wildman–Crippen MR) is 53.7 cm³/mol. The second-order valence-electron chi connectivity index (χ2n) is 3.70. The molecular formula is C10H13N3O. The van der Waals surface area contributed by atoms with Crippen LogP contribution in [0.5, 0.6) is 0 Å². The maximum absolute atomic E-state index is 9.48. The topological polar surface area (TPSA) is 68.9 Å². The van der Waals surface area contributed by atoms with Crippen LogP contribution in [-0.4, -0.2) is 22.2 Å². The van der Waals surface area contributed by atoms with Crippen LogP contribution >= 0.6 is 0 Å². The Bertz CT molecular complexity index is 349. The molecule has 0 unspecified atom stereocenters. The third-order valence-electron chi connectivity index (χ3n) is 1.65. The lowest BCUT2D eigenvalue weighted by Crippen LogP contribution is -2.29. The molecular weight excluding hydrogens is 178 g/mol. The fraction of sp³-hybridized carbons (Fsp3) is 0.400. The van der Waals surface area contributed by atoms with Crippen LogP contribution in [0, 0.1) is 11.3 Å². The molecule has 1 rings (SSSR count). The van der Waals surface area contributed by atoms with E-state index >= 15 is 0 Å². The summed E-state index contributed by atoms with van der Waals surface area (Å²) in [6.07, 6.45) is 3.10. The van der Waals surface area contributed by atoms with Crippen LogP contribution < -0.4 is 5.32 Å². The van der Waals surface area contributed by atoms with Crippen LogP contribution in [-0.2, 0) is 0 Å². The number of nitrogens with one attached hydrogen (secondary N) is 1. The first-order chi connectivity index (χ1) is 6.53. The molecule has 0 atom stereocenters. The molecule has 0 aromatic carbocycles. The van der Waals surface area contributed by atoms with Gasteiger partial charge < -0.3 is 10.4 Å². The van der Waals surface area contributed by atoms with Crippen molar-refractivity contribution in [1.82, 2.24) is 4.98 Å². The molecule has 0 saturated heterocycles. The Kier molecular flexibility index (Phi) is 3.05. The number of aliphatic hydroxyl groups is 1. The van der Waals surface area contributed by atoms with Crippen molar-refractivity contribution in [2.24, 2.45) is 0 Å². The number of rotatable bonds is 3. The molecule has 0 bridgehead atoms. The van der Waals surface area contributed by atoms with Crippen LogP contribution in [0.15, 0.2) is 18.5 Å². The fourth-order valence-electron chi connectivity index (χ4n) is 0.949. The Morgan fingerprint density at radius 2 is 2.36 bits per heavy atom. The normalized spacial score (nSPS) is 10.7. The summed E-state index contributed by atoms with van der Waals surface area (Å²) in [6, 6.07) is 3.74. The first kappa shape index (κ1) is 10.5. The van der Waals surface area contributed by atoms with Crippen LogP contribution in [0.4, 0.5) is 5.69 Å². The first-order valence-corrected chi connectivity index (χ1v) is 4.33. The van der Waals surface area contributed by atoms with E-state index in [-0.39, 0.29) is 0 Å². The molecule has 1 aromatic rings. The molecule has 0 fully saturated rings. The highest BCUT2D eigenvalue weighted by Gasteiger charge is 2.12. The van der Waals surface area contributed by atoms with Gasteiger partial charge >= 0.3 is 0 Å². The van der Waals surface area contributed by atoms with Gasteiger partial charge in [-0.2, -0.15) is 5.26 Å². The van der Waals surface area contributed by atoms with E-state index in [2.05, 4.69) is 10.3 Å². The fourth-order valence-corrected chi connectivity index (χ4v) is 0.949. The Balaban J connectivity index is 2.73. The van der Waals surface area contributed by atoms with E-state index in [1.54, 1.807) is 26.1 Å². The number of hydrogen-bond acceptors (Lipinski definition) is 4. The molecule has 1 aromatic heterocycles. The second-order valence-corrected chi connectivity index (χ2v) is 3.70. The Morgan fingerprint density at radius 3 is 2.93 bits per heavy atom. The minimum Gasteiger partial charge on any atom is -0.389 e. The van der Waals surface area contributed by atoms with Crippen LogP contribution in [0.2, 0.25) is 0 Å². The molecule has 14 heavy (non-hydrogen) atoms. The standard InChI is InChI=1S/C10H13N3O/c1-10(2,14)7-13-9-3-4-12-6-8(9)5-11/h3-4,6,14H,7H2,1-2H3,(H,12,13). The van der Waals surface area contributed by atoms with Gasteiger partial charge in [0.15, 0.2) is 0 Å². The number of aromatic nitrogens is 1. The van der Waals surface area contributed by atoms with E-state index in [0.29, 0.717) is 17.8 Å². The van der Waals surface area contributed by atoms with Crippen molar-refractivity contribution in [2.45, 2.75) is 19.4 Å². The number of pyridine rings is 1. The molecule has 0 aliphatic heterocycles. The van der Waals surface area contributed by atoms with E-state index in [1.807, 2.05) is 6.07 Å². The summed E-state index contributed by atoms with van der Waals surface area (Å²) in [7, 11) is 0. The lowest BCUT2D eigenvalue weighted by molar-refractivity contribution is 0.0945. The van der Waals surface area contributed by atoms with E-state index in [9.17, 15) is 5.11 Å². The lowest BCUT2D eigenvalue weighted by Gasteiger charge is -2.18. The van der Waals surface area contributed by atoms with Gasteiger partial charge in [0, 0.05) is 18.9 Å². The van der Waals surface area contributed by atoms with Crippen molar-refractivity contribution >= 4 is 5.69 Å². The largest absolute Gasteiger partial charge is 0.389 e. The molecule has 0 radical (unpaired) electrons. The van der Waals surface area contributed by atoms with Gasteiger partial charge in [0.05, 0.1) is 16.9 Å². The summed E-state index contributed by atoms with van der Waals surface area (Å²) in [6.45, 7) is 3.80. The SMILES string of the molecule is CC(C)(O)CNc1ccncc1C#N.